The number of nitriles is 1. The van der Waals surface area contributed by atoms with Crippen LogP contribution in [0, 0.1) is 21.4 Å². The molecule has 2 heterocycles. The maximum absolute atomic E-state index is 14.2. The first kappa shape index (κ1) is 40.9. The molecule has 0 saturated heterocycles. The van der Waals surface area contributed by atoms with Crippen LogP contribution in [0.1, 0.15) is 63.5 Å². The Morgan fingerprint density at radius 3 is 2.33 bits per heavy atom. The summed E-state index contributed by atoms with van der Waals surface area (Å²) in [5, 5.41) is 29.9. The first-order chi connectivity index (χ1) is 27.8. The lowest BCUT2D eigenvalue weighted by Crippen LogP contribution is -2.39. The number of carbonyl (C=O) groups is 4. The third kappa shape index (κ3) is 10.2. The van der Waals surface area contributed by atoms with E-state index in [9.17, 15) is 34.6 Å². The third-order valence-electron chi connectivity index (χ3n) is 8.71. The van der Waals surface area contributed by atoms with E-state index < -0.39 is 33.7 Å². The molecular weight excluding hydrogens is 777 g/mol. The molecule has 15 heteroatoms. The highest BCUT2D eigenvalue weighted by Crippen LogP contribution is 2.41. The zero-order valence-electron chi connectivity index (χ0n) is 31.7. The fourth-order valence-corrected chi connectivity index (χ4v) is 8.33. The molecule has 13 nitrogen and oxygen atoms in total. The lowest BCUT2D eigenvalue weighted by atomic mass is 10.0. The molecular formula is C43H38N6O7S2. The van der Waals surface area contributed by atoms with Gasteiger partial charge in [0.15, 0.2) is 0 Å². The summed E-state index contributed by atoms with van der Waals surface area (Å²) >= 11 is 2.48. The van der Waals surface area contributed by atoms with E-state index in [4.69, 9.17) is 4.74 Å². The van der Waals surface area contributed by atoms with Gasteiger partial charge in [0.25, 0.3) is 17.5 Å². The number of nitrogens with one attached hydrogen (secondary N) is 3. The summed E-state index contributed by atoms with van der Waals surface area (Å²) in [6.45, 7) is 6.02. The zero-order valence-corrected chi connectivity index (χ0v) is 33.3. The Hall–Kier alpha value is -6.76. The van der Waals surface area contributed by atoms with Gasteiger partial charge in [-0.15, -0.1) is 23.1 Å². The van der Waals surface area contributed by atoms with Gasteiger partial charge in [0.05, 0.1) is 22.6 Å². The van der Waals surface area contributed by atoms with Crippen LogP contribution in [0.4, 0.5) is 21.2 Å². The van der Waals surface area contributed by atoms with Gasteiger partial charge >= 0.3 is 6.09 Å². The molecule has 294 valence electrons. The quantitative estimate of drug-likeness (QED) is 0.0508. The standard InChI is InChI=1S/C43H38N6O7S2/c1-43(2,3)56-42(53)48-22-21-32-33(25-44)41(58-36(32)26-48)47-40(52)37(27-13-6-4-7-14-27)57-31-19-12-18-30(24-31)45-39(51)34(46-38(50)28-15-8-5-9-16-28)23-29-17-10-11-20-35(29)49(54)55/h4-20,23-24,37H,21-22,26H2,1-3H3,(H,45,51)(H,46,50)(H,47,52)/b34-23+. The van der Waals surface area contributed by atoms with Crippen molar-refractivity contribution in [1.82, 2.24) is 10.2 Å². The van der Waals surface area contributed by atoms with E-state index in [1.807, 2.05) is 30.3 Å². The van der Waals surface area contributed by atoms with Gasteiger partial charge in [-0.2, -0.15) is 5.26 Å². The van der Waals surface area contributed by atoms with Crippen LogP contribution in [0.3, 0.4) is 0 Å². The second-order valence-corrected chi connectivity index (χ2v) is 16.3. The van der Waals surface area contributed by atoms with Gasteiger partial charge < -0.3 is 25.6 Å². The number of anilines is 2. The Labute approximate surface area is 342 Å². The highest BCUT2D eigenvalue weighted by molar-refractivity contribution is 8.00. The van der Waals surface area contributed by atoms with Crippen molar-refractivity contribution in [3.63, 3.8) is 0 Å². The molecule has 1 aromatic heterocycles. The van der Waals surface area contributed by atoms with Crippen molar-refractivity contribution in [2.45, 2.75) is 49.5 Å². The molecule has 5 aromatic rings. The predicted octanol–water partition coefficient (Wildman–Crippen LogP) is 8.70. The number of hydrogen-bond acceptors (Lipinski definition) is 10. The topological polar surface area (TPSA) is 184 Å². The van der Waals surface area contributed by atoms with Crippen LogP contribution >= 0.6 is 23.1 Å². The Bertz CT molecular complexity index is 2440. The van der Waals surface area contributed by atoms with Crippen molar-refractivity contribution in [3.8, 4) is 6.07 Å². The minimum Gasteiger partial charge on any atom is -0.444 e. The number of benzene rings is 4. The Balaban J connectivity index is 1.24. The first-order valence-corrected chi connectivity index (χ1v) is 19.8. The lowest BCUT2D eigenvalue weighted by Gasteiger charge is -2.29. The fraction of sp³-hybridized carbons (Fsp3) is 0.186. The van der Waals surface area contributed by atoms with Crippen LogP contribution in [-0.2, 0) is 27.3 Å². The number of nitro benzene ring substituents is 1. The normalized spacial score (nSPS) is 13.0. The number of ether oxygens (including phenoxy) is 1. The average molecular weight is 815 g/mol. The number of nitrogens with zero attached hydrogens (tertiary/aromatic N) is 3. The Morgan fingerprint density at radius 1 is 0.948 bits per heavy atom. The molecule has 58 heavy (non-hydrogen) atoms. The molecule has 1 aliphatic rings. The van der Waals surface area contributed by atoms with Crippen LogP contribution in [0.25, 0.3) is 6.08 Å². The van der Waals surface area contributed by atoms with Crippen LogP contribution in [-0.4, -0.2) is 45.8 Å². The SMILES string of the molecule is CC(C)(C)OC(=O)N1CCc2c(sc(NC(=O)C(Sc3cccc(NC(=O)/C(=C\c4ccccc4[N+](=O)[O-])NC(=O)c4ccccc4)c3)c3ccccc3)c2C#N)C1. The first-order valence-electron chi connectivity index (χ1n) is 18.1. The number of rotatable bonds is 11. The van der Waals surface area contributed by atoms with Gasteiger partial charge in [-0.05, 0) is 80.8 Å². The van der Waals surface area contributed by atoms with E-state index >= 15 is 0 Å². The molecule has 1 aliphatic heterocycles. The van der Waals surface area contributed by atoms with Crippen molar-refractivity contribution in [2.75, 3.05) is 17.2 Å². The Kier molecular flexibility index (Phi) is 12.7. The summed E-state index contributed by atoms with van der Waals surface area (Å²) < 4.78 is 5.56. The molecule has 4 aromatic carbocycles. The maximum Gasteiger partial charge on any atom is 0.410 e. The van der Waals surface area contributed by atoms with E-state index in [2.05, 4.69) is 22.0 Å². The minimum atomic E-state index is -0.796. The summed E-state index contributed by atoms with van der Waals surface area (Å²) in [5.41, 5.74) is 1.42. The fourth-order valence-electron chi connectivity index (χ4n) is 6.03. The molecule has 0 radical (unpaired) electrons. The summed E-state index contributed by atoms with van der Waals surface area (Å²) in [5.74, 6) is -1.71. The second kappa shape index (κ2) is 18.0. The molecule has 3 N–H and O–H groups in total. The van der Waals surface area contributed by atoms with Gasteiger partial charge in [-0.1, -0.05) is 66.7 Å². The molecule has 1 unspecified atom stereocenters. The van der Waals surface area contributed by atoms with Crippen LogP contribution in [0.15, 0.2) is 120 Å². The number of carbonyl (C=O) groups excluding carboxylic acids is 4. The van der Waals surface area contributed by atoms with Gasteiger partial charge in [0.2, 0.25) is 5.91 Å². The van der Waals surface area contributed by atoms with Crippen molar-refractivity contribution >= 4 is 69.4 Å². The number of thioether (sulfide) groups is 1. The monoisotopic (exact) mass is 814 g/mol. The minimum absolute atomic E-state index is 0.110. The van der Waals surface area contributed by atoms with E-state index in [0.717, 1.165) is 10.4 Å². The van der Waals surface area contributed by atoms with Gasteiger partial charge in [-0.25, -0.2) is 4.79 Å². The number of amides is 4. The molecule has 6 rings (SSSR count). The largest absolute Gasteiger partial charge is 0.444 e. The number of hydrogen-bond donors (Lipinski definition) is 3. The smallest absolute Gasteiger partial charge is 0.410 e. The molecule has 0 fully saturated rings. The summed E-state index contributed by atoms with van der Waals surface area (Å²) in [4.78, 5) is 68.1. The van der Waals surface area contributed by atoms with Gasteiger partial charge in [0, 0.05) is 33.6 Å². The van der Waals surface area contributed by atoms with E-state index in [0.29, 0.717) is 39.7 Å². The van der Waals surface area contributed by atoms with Gasteiger partial charge in [-0.3, -0.25) is 24.5 Å². The molecule has 0 bridgehead atoms. The molecule has 4 amide bonds. The van der Waals surface area contributed by atoms with Crippen molar-refractivity contribution < 1.29 is 28.8 Å². The molecule has 0 aliphatic carbocycles. The summed E-state index contributed by atoms with van der Waals surface area (Å²) in [7, 11) is 0. The van der Waals surface area contributed by atoms with E-state index in [1.54, 1.807) is 86.3 Å². The lowest BCUT2D eigenvalue weighted by molar-refractivity contribution is -0.385. The van der Waals surface area contributed by atoms with E-state index in [-0.39, 0.29) is 35.0 Å². The zero-order chi connectivity index (χ0) is 41.4. The predicted molar refractivity (Wildman–Crippen MR) is 223 cm³/mol. The van der Waals surface area contributed by atoms with Gasteiger partial charge in [0.1, 0.15) is 27.6 Å². The van der Waals surface area contributed by atoms with Crippen molar-refractivity contribution in [3.05, 3.63) is 158 Å². The van der Waals surface area contributed by atoms with Crippen molar-refractivity contribution in [1.29, 1.82) is 5.26 Å². The Morgan fingerprint density at radius 2 is 1.64 bits per heavy atom. The highest BCUT2D eigenvalue weighted by atomic mass is 32.2. The summed E-state index contributed by atoms with van der Waals surface area (Å²) in [6.07, 6.45) is 1.24. The third-order valence-corrected chi connectivity index (χ3v) is 11.1. The number of nitro groups is 1. The van der Waals surface area contributed by atoms with E-state index in [1.165, 1.54) is 47.4 Å². The van der Waals surface area contributed by atoms with Crippen molar-refractivity contribution in [2.24, 2.45) is 0 Å². The number of thiophene rings is 1. The second-order valence-electron chi connectivity index (χ2n) is 14.0. The molecule has 1 atom stereocenters. The molecule has 0 saturated carbocycles. The van der Waals surface area contributed by atoms with Crippen LogP contribution in [0.2, 0.25) is 0 Å². The summed E-state index contributed by atoms with van der Waals surface area (Å²) in [6, 6.07) is 32.2. The van der Waals surface area contributed by atoms with Crippen LogP contribution < -0.4 is 16.0 Å². The average Bonchev–Trinajstić information content (AvgIpc) is 3.55. The van der Waals surface area contributed by atoms with Crippen LogP contribution in [0.5, 0.6) is 0 Å². The maximum atomic E-state index is 14.2. The number of para-hydroxylation sites is 1. The number of fused-ring (bicyclic) bond motifs is 1. The highest BCUT2D eigenvalue weighted by Gasteiger charge is 2.31. The molecule has 0 spiro atoms.